The molecule has 1 unspecified atom stereocenters. The topological polar surface area (TPSA) is 42.4 Å². The summed E-state index contributed by atoms with van der Waals surface area (Å²) in [6.45, 7) is 11.1. The fourth-order valence-corrected chi connectivity index (χ4v) is 4.47. The van der Waals surface area contributed by atoms with Gasteiger partial charge in [-0.25, -0.2) is 4.98 Å². The third-order valence-electron chi connectivity index (χ3n) is 4.74. The quantitative estimate of drug-likeness (QED) is 0.795. The van der Waals surface area contributed by atoms with Gasteiger partial charge in [-0.1, -0.05) is 6.92 Å². The van der Waals surface area contributed by atoms with E-state index in [9.17, 15) is 4.79 Å². The van der Waals surface area contributed by atoms with Gasteiger partial charge < -0.3 is 9.64 Å². The summed E-state index contributed by atoms with van der Waals surface area (Å²) in [6, 6.07) is 6.08. The Bertz CT molecular complexity index is 782. The van der Waals surface area contributed by atoms with Crippen molar-refractivity contribution in [3.63, 3.8) is 0 Å². The van der Waals surface area contributed by atoms with Crippen LogP contribution in [-0.4, -0.2) is 23.0 Å². The number of amides is 1. The maximum absolute atomic E-state index is 13.1. The number of benzene rings is 1. The van der Waals surface area contributed by atoms with Crippen molar-refractivity contribution in [2.45, 2.75) is 58.9 Å². The zero-order valence-corrected chi connectivity index (χ0v) is 16.4. The first-order valence-electron chi connectivity index (χ1n) is 8.82. The Morgan fingerprint density at radius 2 is 2.20 bits per heavy atom. The molecule has 134 valence electrons. The highest BCUT2D eigenvalue weighted by Gasteiger charge is 2.40. The van der Waals surface area contributed by atoms with E-state index in [1.165, 1.54) is 5.56 Å². The largest absolute Gasteiger partial charge is 0.494 e. The molecule has 0 radical (unpaired) electrons. The molecule has 0 bridgehead atoms. The molecule has 0 spiro atoms. The number of fused-ring (bicyclic) bond motifs is 1. The zero-order valence-electron chi connectivity index (χ0n) is 15.6. The maximum atomic E-state index is 13.1. The number of aromatic nitrogens is 1. The highest BCUT2D eigenvalue weighted by Crippen LogP contribution is 2.44. The van der Waals surface area contributed by atoms with Crippen molar-refractivity contribution in [2.24, 2.45) is 0 Å². The summed E-state index contributed by atoms with van der Waals surface area (Å²) >= 11 is 1.59. The van der Waals surface area contributed by atoms with Crippen molar-refractivity contribution < 1.29 is 9.53 Å². The van der Waals surface area contributed by atoms with E-state index in [2.05, 4.69) is 31.8 Å². The van der Waals surface area contributed by atoms with Crippen LogP contribution in [0.3, 0.4) is 0 Å². The summed E-state index contributed by atoms with van der Waals surface area (Å²) in [5, 5.41) is 2.97. The van der Waals surface area contributed by atoms with Crippen LogP contribution in [0.15, 0.2) is 23.6 Å². The van der Waals surface area contributed by atoms with Gasteiger partial charge in [0.05, 0.1) is 23.7 Å². The van der Waals surface area contributed by atoms with Crippen LogP contribution in [0.5, 0.6) is 5.75 Å². The Labute approximate surface area is 153 Å². The number of ether oxygens (including phenoxy) is 1. The van der Waals surface area contributed by atoms with Gasteiger partial charge in [0, 0.05) is 16.6 Å². The lowest BCUT2D eigenvalue weighted by Crippen LogP contribution is -2.52. The van der Waals surface area contributed by atoms with Crippen LogP contribution < -0.4 is 9.64 Å². The Morgan fingerprint density at radius 1 is 1.44 bits per heavy atom. The number of aryl methyl sites for hydroxylation is 1. The van der Waals surface area contributed by atoms with Crippen LogP contribution in [0.25, 0.3) is 0 Å². The summed E-state index contributed by atoms with van der Waals surface area (Å²) in [7, 11) is 0. The van der Waals surface area contributed by atoms with Crippen molar-refractivity contribution in [1.29, 1.82) is 0 Å². The lowest BCUT2D eigenvalue weighted by Gasteiger charge is -2.46. The van der Waals surface area contributed by atoms with Gasteiger partial charge in [-0.05, 0) is 63.8 Å². The normalized spacial score (nSPS) is 18.8. The average molecular weight is 359 g/mol. The molecular formula is C20H26N2O2S. The molecule has 0 saturated heterocycles. The Morgan fingerprint density at radius 3 is 2.84 bits per heavy atom. The second-order valence-electron chi connectivity index (χ2n) is 7.34. The van der Waals surface area contributed by atoms with Crippen LogP contribution in [-0.2, 0) is 11.2 Å². The van der Waals surface area contributed by atoms with Gasteiger partial charge in [0.1, 0.15) is 5.75 Å². The number of carbonyl (C=O) groups is 1. The minimum atomic E-state index is -0.221. The molecule has 2 heterocycles. The van der Waals surface area contributed by atoms with E-state index in [0.29, 0.717) is 18.9 Å². The van der Waals surface area contributed by atoms with Gasteiger partial charge in [-0.2, -0.15) is 0 Å². The van der Waals surface area contributed by atoms with Crippen LogP contribution in [0.2, 0.25) is 0 Å². The van der Waals surface area contributed by atoms with Crippen molar-refractivity contribution >= 4 is 22.9 Å². The second kappa shape index (κ2) is 6.79. The molecule has 1 aliphatic rings. The van der Waals surface area contributed by atoms with Crippen LogP contribution in [0.1, 0.15) is 56.3 Å². The average Bonchev–Trinajstić information content (AvgIpc) is 2.92. The Balaban J connectivity index is 1.96. The van der Waals surface area contributed by atoms with Gasteiger partial charge in [0.15, 0.2) is 0 Å². The van der Waals surface area contributed by atoms with E-state index < -0.39 is 0 Å². The van der Waals surface area contributed by atoms with E-state index in [0.717, 1.165) is 28.6 Å². The molecule has 1 atom stereocenters. The standard InChI is InChI=1S/C20H26N2O2S/c1-6-24-16-7-8-18-17(10-16)13(2)11-20(4,5)22(18)19(23)9-15-12-25-14(3)21-15/h7-8,10,12-13H,6,9,11H2,1-5H3. The molecule has 0 N–H and O–H groups in total. The summed E-state index contributed by atoms with van der Waals surface area (Å²) < 4.78 is 5.65. The highest BCUT2D eigenvalue weighted by molar-refractivity contribution is 7.09. The van der Waals surface area contributed by atoms with Gasteiger partial charge in [0.2, 0.25) is 5.91 Å². The maximum Gasteiger partial charge on any atom is 0.233 e. The van der Waals surface area contributed by atoms with E-state index in [1.54, 1.807) is 11.3 Å². The minimum Gasteiger partial charge on any atom is -0.494 e. The van der Waals surface area contributed by atoms with Crippen molar-refractivity contribution in [3.05, 3.63) is 39.8 Å². The van der Waals surface area contributed by atoms with Gasteiger partial charge in [-0.15, -0.1) is 11.3 Å². The molecule has 3 rings (SSSR count). The van der Waals surface area contributed by atoms with Gasteiger partial charge in [0.25, 0.3) is 0 Å². The van der Waals surface area contributed by atoms with E-state index in [1.807, 2.05) is 36.3 Å². The molecule has 0 saturated carbocycles. The number of carbonyl (C=O) groups excluding carboxylic acids is 1. The number of rotatable bonds is 4. The first-order valence-corrected chi connectivity index (χ1v) is 9.70. The molecule has 5 heteroatoms. The SMILES string of the molecule is CCOc1ccc2c(c1)C(C)CC(C)(C)N2C(=O)Cc1csc(C)n1. The second-order valence-corrected chi connectivity index (χ2v) is 8.40. The number of anilines is 1. The van der Waals surface area contributed by atoms with Crippen LogP contribution in [0.4, 0.5) is 5.69 Å². The van der Waals surface area contributed by atoms with E-state index in [4.69, 9.17) is 4.74 Å². The molecular weight excluding hydrogens is 332 g/mol. The number of hydrogen-bond acceptors (Lipinski definition) is 4. The van der Waals surface area contributed by atoms with Gasteiger partial charge >= 0.3 is 0 Å². The number of thiazole rings is 1. The summed E-state index contributed by atoms with van der Waals surface area (Å²) in [5.74, 6) is 1.36. The molecule has 1 aliphatic heterocycles. The first kappa shape index (κ1) is 17.9. The minimum absolute atomic E-state index is 0.104. The summed E-state index contributed by atoms with van der Waals surface area (Å²) in [4.78, 5) is 19.6. The zero-order chi connectivity index (χ0) is 18.2. The van der Waals surface area contributed by atoms with Crippen LogP contribution >= 0.6 is 11.3 Å². The number of nitrogens with zero attached hydrogens (tertiary/aromatic N) is 2. The molecule has 0 fully saturated rings. The predicted molar refractivity (Wildman–Crippen MR) is 103 cm³/mol. The fraction of sp³-hybridized carbons (Fsp3) is 0.500. The summed E-state index contributed by atoms with van der Waals surface area (Å²) in [5.41, 5.74) is 2.83. The molecule has 1 aromatic heterocycles. The molecule has 1 amide bonds. The van der Waals surface area contributed by atoms with Crippen molar-refractivity contribution in [1.82, 2.24) is 4.98 Å². The van der Waals surface area contributed by atoms with Crippen molar-refractivity contribution in [2.75, 3.05) is 11.5 Å². The highest BCUT2D eigenvalue weighted by atomic mass is 32.1. The van der Waals surface area contributed by atoms with Crippen molar-refractivity contribution in [3.8, 4) is 5.75 Å². The molecule has 25 heavy (non-hydrogen) atoms. The lowest BCUT2D eigenvalue weighted by molar-refractivity contribution is -0.119. The third-order valence-corrected chi connectivity index (χ3v) is 5.56. The Hall–Kier alpha value is -1.88. The molecule has 1 aromatic carbocycles. The van der Waals surface area contributed by atoms with Crippen LogP contribution in [0, 0.1) is 6.92 Å². The monoisotopic (exact) mass is 358 g/mol. The Kier molecular flexibility index (Phi) is 4.87. The molecule has 4 nitrogen and oxygen atoms in total. The first-order chi connectivity index (χ1) is 11.8. The smallest absolute Gasteiger partial charge is 0.233 e. The number of hydrogen-bond donors (Lipinski definition) is 0. The third kappa shape index (κ3) is 3.56. The van der Waals surface area contributed by atoms with Gasteiger partial charge in [-0.3, -0.25) is 4.79 Å². The molecule has 0 aliphatic carbocycles. The van der Waals surface area contributed by atoms with E-state index in [-0.39, 0.29) is 11.4 Å². The summed E-state index contributed by atoms with van der Waals surface area (Å²) in [6.07, 6.45) is 1.27. The predicted octanol–water partition coefficient (Wildman–Crippen LogP) is 4.71. The lowest BCUT2D eigenvalue weighted by atomic mass is 9.79. The van der Waals surface area contributed by atoms with E-state index >= 15 is 0 Å². The fourth-order valence-electron chi connectivity index (χ4n) is 3.86. The molecule has 2 aromatic rings.